The van der Waals surface area contributed by atoms with Gasteiger partial charge in [-0.2, -0.15) is 0 Å². The van der Waals surface area contributed by atoms with E-state index in [0.717, 1.165) is 36.8 Å². The molecule has 0 N–H and O–H groups in total. The maximum atomic E-state index is 13.1. The summed E-state index contributed by atoms with van der Waals surface area (Å²) in [6.45, 7) is 0.465. The summed E-state index contributed by atoms with van der Waals surface area (Å²) in [7, 11) is 3.42. The van der Waals surface area contributed by atoms with Crippen LogP contribution >= 0.6 is 0 Å². The fourth-order valence-corrected chi connectivity index (χ4v) is 3.61. The first-order chi connectivity index (χ1) is 11.5. The molecular weight excluding hydrogens is 307 g/mol. The van der Waals surface area contributed by atoms with Gasteiger partial charge < -0.3 is 9.80 Å². The van der Waals surface area contributed by atoms with Crippen molar-refractivity contribution in [3.63, 3.8) is 0 Å². The number of nitrogens with zero attached hydrogens (tertiary/aromatic N) is 2. The van der Waals surface area contributed by atoms with E-state index in [1.54, 1.807) is 26.2 Å². The molecule has 1 unspecified atom stereocenters. The molecule has 1 aliphatic carbocycles. The van der Waals surface area contributed by atoms with Crippen molar-refractivity contribution < 1.29 is 14.0 Å². The zero-order valence-corrected chi connectivity index (χ0v) is 14.2. The Hall–Kier alpha value is -2.17. The van der Waals surface area contributed by atoms with Crippen molar-refractivity contribution in [1.82, 2.24) is 9.80 Å². The summed E-state index contributed by atoms with van der Waals surface area (Å²) in [5, 5.41) is 0. The Balaban J connectivity index is 1.83. The molecule has 1 aromatic rings. The molecular formula is C19H23FN2O2. The summed E-state index contributed by atoms with van der Waals surface area (Å²) >= 11 is 0. The summed E-state index contributed by atoms with van der Waals surface area (Å²) in [5.41, 5.74) is 2.74. The van der Waals surface area contributed by atoms with Crippen LogP contribution in [0.2, 0.25) is 0 Å². The molecule has 24 heavy (non-hydrogen) atoms. The summed E-state index contributed by atoms with van der Waals surface area (Å²) in [6.07, 6.45) is 4.19. The summed E-state index contributed by atoms with van der Waals surface area (Å²) in [6, 6.07) is 6.37. The Morgan fingerprint density at radius 1 is 1.25 bits per heavy atom. The first-order valence-corrected chi connectivity index (χ1v) is 8.45. The Labute approximate surface area is 141 Å². The molecule has 2 aliphatic rings. The molecule has 0 bridgehead atoms. The Bertz CT molecular complexity index is 679. The minimum Gasteiger partial charge on any atom is -0.349 e. The molecule has 128 valence electrons. The topological polar surface area (TPSA) is 40.6 Å². The van der Waals surface area contributed by atoms with E-state index in [2.05, 4.69) is 0 Å². The van der Waals surface area contributed by atoms with Crippen LogP contribution < -0.4 is 0 Å². The van der Waals surface area contributed by atoms with Crippen LogP contribution in [0.4, 0.5) is 4.39 Å². The second kappa shape index (κ2) is 6.75. The van der Waals surface area contributed by atoms with Gasteiger partial charge in [0.25, 0.3) is 5.91 Å². The second-order valence-electron chi connectivity index (χ2n) is 6.79. The molecule has 5 heteroatoms. The lowest BCUT2D eigenvalue weighted by molar-refractivity contribution is -0.132. The van der Waals surface area contributed by atoms with Crippen LogP contribution in [-0.2, 0) is 16.1 Å². The van der Waals surface area contributed by atoms with Crippen LogP contribution in [0.1, 0.15) is 37.7 Å². The zero-order chi connectivity index (χ0) is 17.3. The fraction of sp³-hybridized carbons (Fsp3) is 0.474. The van der Waals surface area contributed by atoms with Crippen molar-refractivity contribution in [2.45, 2.75) is 44.7 Å². The van der Waals surface area contributed by atoms with Gasteiger partial charge in [-0.3, -0.25) is 9.59 Å². The molecule has 4 nitrogen and oxygen atoms in total. The first kappa shape index (κ1) is 16.7. The highest BCUT2D eigenvalue weighted by molar-refractivity contribution is 6.02. The quantitative estimate of drug-likeness (QED) is 0.852. The van der Waals surface area contributed by atoms with Crippen LogP contribution in [-0.4, -0.2) is 41.8 Å². The average Bonchev–Trinajstić information content (AvgIpc) is 2.82. The number of carbonyl (C=O) groups excluding carboxylic acids is 2. The van der Waals surface area contributed by atoms with E-state index in [0.29, 0.717) is 12.1 Å². The lowest BCUT2D eigenvalue weighted by Crippen LogP contribution is -2.36. The van der Waals surface area contributed by atoms with E-state index in [9.17, 15) is 14.0 Å². The highest BCUT2D eigenvalue weighted by atomic mass is 19.1. The van der Waals surface area contributed by atoms with Gasteiger partial charge in [-0.05, 0) is 42.5 Å². The van der Waals surface area contributed by atoms with Crippen molar-refractivity contribution in [3.05, 3.63) is 46.8 Å². The lowest BCUT2D eigenvalue weighted by atomic mass is 9.88. The number of fused-ring (bicyclic) bond motifs is 1. The van der Waals surface area contributed by atoms with Gasteiger partial charge in [0.1, 0.15) is 5.82 Å². The van der Waals surface area contributed by atoms with Crippen molar-refractivity contribution in [3.8, 4) is 0 Å². The highest BCUT2D eigenvalue weighted by Gasteiger charge is 2.40. The first-order valence-electron chi connectivity index (χ1n) is 8.45. The van der Waals surface area contributed by atoms with E-state index in [4.69, 9.17) is 0 Å². The Morgan fingerprint density at radius 3 is 2.62 bits per heavy atom. The second-order valence-corrected chi connectivity index (χ2v) is 6.79. The molecule has 1 fully saturated rings. The number of halogens is 1. The van der Waals surface area contributed by atoms with Crippen molar-refractivity contribution in [2.24, 2.45) is 0 Å². The smallest absolute Gasteiger partial charge is 0.251 e. The predicted molar refractivity (Wildman–Crippen MR) is 89.5 cm³/mol. The number of carbonyl (C=O) groups is 2. The summed E-state index contributed by atoms with van der Waals surface area (Å²) in [4.78, 5) is 28.4. The maximum Gasteiger partial charge on any atom is 0.251 e. The monoisotopic (exact) mass is 330 g/mol. The van der Waals surface area contributed by atoms with Gasteiger partial charge in [0.15, 0.2) is 0 Å². The third-order valence-corrected chi connectivity index (χ3v) is 4.95. The number of hydrogen-bond acceptors (Lipinski definition) is 2. The minimum atomic E-state index is -0.278. The van der Waals surface area contributed by atoms with E-state index >= 15 is 0 Å². The molecule has 0 saturated heterocycles. The van der Waals surface area contributed by atoms with Gasteiger partial charge in [0.2, 0.25) is 5.91 Å². The van der Waals surface area contributed by atoms with Crippen molar-refractivity contribution in [1.29, 1.82) is 0 Å². The van der Waals surface area contributed by atoms with Gasteiger partial charge in [-0.15, -0.1) is 0 Å². The lowest BCUT2D eigenvalue weighted by Gasteiger charge is -2.30. The molecule has 0 radical (unpaired) electrons. The number of hydrogen-bond donors (Lipinski definition) is 0. The van der Waals surface area contributed by atoms with Gasteiger partial charge in [0, 0.05) is 26.2 Å². The standard InChI is InChI=1S/C19H23FN2O2/c1-21(2)18(23)11-16-15-5-3-4-6-17(15)22(19(16)24)12-13-7-9-14(20)10-8-13/h7-10,17H,3-6,11-12H2,1-2H3. The molecule has 1 heterocycles. The molecule has 1 aromatic carbocycles. The van der Waals surface area contributed by atoms with Gasteiger partial charge in [0.05, 0.1) is 12.5 Å². The van der Waals surface area contributed by atoms with E-state index in [-0.39, 0.29) is 30.1 Å². The van der Waals surface area contributed by atoms with Crippen LogP contribution in [0.5, 0.6) is 0 Å². The van der Waals surface area contributed by atoms with E-state index in [1.165, 1.54) is 17.0 Å². The average molecular weight is 330 g/mol. The van der Waals surface area contributed by atoms with Crippen LogP contribution in [0, 0.1) is 5.82 Å². The van der Waals surface area contributed by atoms with Crippen LogP contribution in [0.3, 0.4) is 0 Å². The van der Waals surface area contributed by atoms with Gasteiger partial charge in [-0.25, -0.2) is 4.39 Å². The number of rotatable bonds is 4. The maximum absolute atomic E-state index is 13.1. The predicted octanol–water partition coefficient (Wildman–Crippen LogP) is 2.89. The molecule has 0 aromatic heterocycles. The van der Waals surface area contributed by atoms with E-state index < -0.39 is 0 Å². The number of amides is 2. The zero-order valence-electron chi connectivity index (χ0n) is 14.2. The summed E-state index contributed by atoms with van der Waals surface area (Å²) < 4.78 is 13.1. The van der Waals surface area contributed by atoms with Crippen LogP contribution in [0.25, 0.3) is 0 Å². The fourth-order valence-electron chi connectivity index (χ4n) is 3.61. The third kappa shape index (κ3) is 3.21. The Kier molecular flexibility index (Phi) is 4.69. The largest absolute Gasteiger partial charge is 0.349 e. The summed E-state index contributed by atoms with van der Waals surface area (Å²) in [5.74, 6) is -0.351. The van der Waals surface area contributed by atoms with Gasteiger partial charge in [-0.1, -0.05) is 18.6 Å². The van der Waals surface area contributed by atoms with Gasteiger partial charge >= 0.3 is 0 Å². The third-order valence-electron chi connectivity index (χ3n) is 4.95. The van der Waals surface area contributed by atoms with E-state index in [1.807, 2.05) is 4.90 Å². The molecule has 1 aliphatic heterocycles. The highest BCUT2D eigenvalue weighted by Crippen LogP contribution is 2.38. The molecule has 1 atom stereocenters. The SMILES string of the molecule is CN(C)C(=O)CC1=C2CCCCC2N(Cc2ccc(F)cc2)C1=O. The Morgan fingerprint density at radius 2 is 1.96 bits per heavy atom. The minimum absolute atomic E-state index is 0.0311. The molecule has 1 saturated carbocycles. The van der Waals surface area contributed by atoms with Crippen molar-refractivity contribution >= 4 is 11.8 Å². The molecule has 0 spiro atoms. The van der Waals surface area contributed by atoms with Crippen molar-refractivity contribution in [2.75, 3.05) is 14.1 Å². The normalized spacial score (nSPS) is 20.4. The van der Waals surface area contributed by atoms with Crippen LogP contribution in [0.15, 0.2) is 35.4 Å². The molecule has 3 rings (SSSR count). The number of benzene rings is 1. The molecule has 2 amide bonds.